The van der Waals surface area contributed by atoms with Crippen LogP contribution in [0.15, 0.2) is 10.6 Å². The lowest BCUT2D eigenvalue weighted by molar-refractivity contribution is 0.0130. The van der Waals surface area contributed by atoms with Gasteiger partial charge < -0.3 is 14.9 Å². The van der Waals surface area contributed by atoms with Crippen LogP contribution in [0.2, 0.25) is 0 Å². The highest BCUT2D eigenvalue weighted by Gasteiger charge is 2.17. The van der Waals surface area contributed by atoms with E-state index in [9.17, 15) is 0 Å². The Morgan fingerprint density at radius 2 is 2.47 bits per heavy atom. The van der Waals surface area contributed by atoms with E-state index in [1.165, 1.54) is 12.8 Å². The second kappa shape index (κ2) is 4.77. The predicted octanol–water partition coefficient (Wildman–Crippen LogP) is 1.81. The van der Waals surface area contributed by atoms with Crippen molar-refractivity contribution in [2.45, 2.75) is 44.8 Å². The molecule has 0 bridgehead atoms. The summed E-state index contributed by atoms with van der Waals surface area (Å²) >= 11 is 0. The smallest absolute Gasteiger partial charge is 0.197 e. The van der Waals surface area contributed by atoms with Crippen molar-refractivity contribution in [3.63, 3.8) is 0 Å². The van der Waals surface area contributed by atoms with Gasteiger partial charge in [-0.3, -0.25) is 0 Å². The Kier molecular flexibility index (Phi) is 3.38. The van der Waals surface area contributed by atoms with Crippen LogP contribution in [-0.2, 0) is 11.2 Å². The summed E-state index contributed by atoms with van der Waals surface area (Å²) in [5, 5.41) is 0. The van der Waals surface area contributed by atoms with Gasteiger partial charge in [-0.25, -0.2) is 4.98 Å². The second-order valence-electron chi connectivity index (χ2n) is 4.14. The molecular weight excluding hydrogens is 192 g/mol. The van der Waals surface area contributed by atoms with Crippen molar-refractivity contribution in [1.82, 2.24) is 4.98 Å². The summed E-state index contributed by atoms with van der Waals surface area (Å²) in [5.74, 6) is 1.50. The Hall–Kier alpha value is -0.870. The molecule has 1 aliphatic heterocycles. The molecule has 0 spiro atoms. The average Bonchev–Trinajstić information content (AvgIpc) is 2.68. The molecule has 0 saturated carbocycles. The molecule has 1 aliphatic rings. The first-order valence-electron chi connectivity index (χ1n) is 5.57. The standard InChI is InChI=1S/C11H18N2O2/c1-8(12)10-7-13-11(15-10)6-9-4-2-3-5-14-9/h7-9H,2-6,12H2,1H3. The number of rotatable bonds is 3. The quantitative estimate of drug-likeness (QED) is 0.826. The van der Waals surface area contributed by atoms with Crippen molar-refractivity contribution in [3.05, 3.63) is 17.8 Å². The molecule has 0 aliphatic carbocycles. The van der Waals surface area contributed by atoms with Crippen molar-refractivity contribution in [3.8, 4) is 0 Å². The number of aromatic nitrogens is 1. The number of oxazole rings is 1. The first-order valence-corrected chi connectivity index (χ1v) is 5.57. The molecule has 84 valence electrons. The monoisotopic (exact) mass is 210 g/mol. The van der Waals surface area contributed by atoms with E-state index in [4.69, 9.17) is 14.9 Å². The topological polar surface area (TPSA) is 61.3 Å². The molecule has 1 saturated heterocycles. The Balaban J connectivity index is 1.91. The van der Waals surface area contributed by atoms with Gasteiger partial charge in [-0.2, -0.15) is 0 Å². The van der Waals surface area contributed by atoms with Crippen LogP contribution < -0.4 is 5.73 Å². The predicted molar refractivity (Wildman–Crippen MR) is 56.4 cm³/mol. The maximum absolute atomic E-state index is 5.70. The fourth-order valence-electron chi connectivity index (χ4n) is 1.79. The van der Waals surface area contributed by atoms with Gasteiger partial charge in [0.15, 0.2) is 5.89 Å². The van der Waals surface area contributed by atoms with Gasteiger partial charge >= 0.3 is 0 Å². The zero-order valence-electron chi connectivity index (χ0n) is 9.11. The highest BCUT2D eigenvalue weighted by molar-refractivity contribution is 4.99. The Labute approximate surface area is 89.8 Å². The molecule has 2 rings (SSSR count). The minimum atomic E-state index is -0.0847. The van der Waals surface area contributed by atoms with Gasteiger partial charge in [0, 0.05) is 6.61 Å². The lowest BCUT2D eigenvalue weighted by Gasteiger charge is -2.20. The molecule has 1 fully saturated rings. The summed E-state index contributed by atoms with van der Waals surface area (Å²) in [7, 11) is 0. The molecule has 15 heavy (non-hydrogen) atoms. The van der Waals surface area contributed by atoms with Crippen LogP contribution in [0.5, 0.6) is 0 Å². The van der Waals surface area contributed by atoms with E-state index in [1.54, 1.807) is 6.20 Å². The van der Waals surface area contributed by atoms with E-state index >= 15 is 0 Å². The Morgan fingerprint density at radius 3 is 3.07 bits per heavy atom. The van der Waals surface area contributed by atoms with Crippen LogP contribution in [0, 0.1) is 0 Å². The van der Waals surface area contributed by atoms with E-state index in [1.807, 2.05) is 6.92 Å². The SMILES string of the molecule is CC(N)c1cnc(CC2CCCCO2)o1. The molecule has 4 nitrogen and oxygen atoms in total. The molecule has 2 atom stereocenters. The first-order chi connectivity index (χ1) is 7.25. The van der Waals surface area contributed by atoms with E-state index in [-0.39, 0.29) is 12.1 Å². The average molecular weight is 210 g/mol. The lowest BCUT2D eigenvalue weighted by atomic mass is 10.1. The fourth-order valence-corrected chi connectivity index (χ4v) is 1.79. The second-order valence-corrected chi connectivity index (χ2v) is 4.14. The summed E-state index contributed by atoms with van der Waals surface area (Å²) < 4.78 is 11.2. The molecule has 0 aromatic carbocycles. The van der Waals surface area contributed by atoms with Gasteiger partial charge in [-0.05, 0) is 26.2 Å². The zero-order chi connectivity index (χ0) is 10.7. The minimum Gasteiger partial charge on any atom is -0.444 e. The van der Waals surface area contributed by atoms with E-state index in [0.29, 0.717) is 0 Å². The van der Waals surface area contributed by atoms with Gasteiger partial charge in [-0.1, -0.05) is 0 Å². The summed E-state index contributed by atoms with van der Waals surface area (Å²) in [6.07, 6.45) is 6.28. The van der Waals surface area contributed by atoms with Gasteiger partial charge in [0.25, 0.3) is 0 Å². The van der Waals surface area contributed by atoms with E-state index in [2.05, 4.69) is 4.98 Å². The third-order valence-corrected chi connectivity index (χ3v) is 2.70. The fraction of sp³-hybridized carbons (Fsp3) is 0.727. The van der Waals surface area contributed by atoms with Gasteiger partial charge in [0.1, 0.15) is 5.76 Å². The van der Waals surface area contributed by atoms with Crippen molar-refractivity contribution >= 4 is 0 Å². The van der Waals surface area contributed by atoms with Gasteiger partial charge in [-0.15, -0.1) is 0 Å². The highest BCUT2D eigenvalue weighted by atomic mass is 16.5. The molecule has 2 N–H and O–H groups in total. The summed E-state index contributed by atoms with van der Waals surface area (Å²) in [6, 6.07) is -0.0847. The molecule has 0 radical (unpaired) electrons. The highest BCUT2D eigenvalue weighted by Crippen LogP contribution is 2.18. The molecule has 2 unspecified atom stereocenters. The van der Waals surface area contributed by atoms with Crippen LogP contribution in [0.3, 0.4) is 0 Å². The summed E-state index contributed by atoms with van der Waals surface area (Å²) in [5.41, 5.74) is 5.70. The maximum atomic E-state index is 5.70. The number of ether oxygens (including phenoxy) is 1. The number of hydrogen-bond donors (Lipinski definition) is 1. The van der Waals surface area contributed by atoms with Gasteiger partial charge in [0.2, 0.25) is 0 Å². The normalized spacial score (nSPS) is 24.0. The van der Waals surface area contributed by atoms with Crippen molar-refractivity contribution in [2.75, 3.05) is 6.61 Å². The van der Waals surface area contributed by atoms with Crippen LogP contribution in [0.25, 0.3) is 0 Å². The summed E-state index contributed by atoms with van der Waals surface area (Å²) in [6.45, 7) is 2.76. The van der Waals surface area contributed by atoms with Crippen LogP contribution in [0.1, 0.15) is 43.9 Å². The molecule has 1 aromatic heterocycles. The summed E-state index contributed by atoms with van der Waals surface area (Å²) in [4.78, 5) is 4.20. The van der Waals surface area contributed by atoms with Crippen molar-refractivity contribution in [1.29, 1.82) is 0 Å². The number of nitrogens with zero attached hydrogens (tertiary/aromatic N) is 1. The molecule has 1 aromatic rings. The Morgan fingerprint density at radius 1 is 1.60 bits per heavy atom. The third kappa shape index (κ3) is 2.79. The number of hydrogen-bond acceptors (Lipinski definition) is 4. The zero-order valence-corrected chi connectivity index (χ0v) is 9.11. The third-order valence-electron chi connectivity index (χ3n) is 2.70. The van der Waals surface area contributed by atoms with Gasteiger partial charge in [0.05, 0.1) is 24.8 Å². The minimum absolute atomic E-state index is 0.0847. The van der Waals surface area contributed by atoms with E-state index < -0.39 is 0 Å². The molecule has 4 heteroatoms. The molecular formula is C11H18N2O2. The maximum Gasteiger partial charge on any atom is 0.197 e. The van der Waals surface area contributed by atoms with Crippen LogP contribution in [-0.4, -0.2) is 17.7 Å². The molecule has 2 heterocycles. The lowest BCUT2D eigenvalue weighted by Crippen LogP contribution is -2.21. The first kappa shape index (κ1) is 10.6. The van der Waals surface area contributed by atoms with Crippen LogP contribution in [0.4, 0.5) is 0 Å². The largest absolute Gasteiger partial charge is 0.444 e. The van der Waals surface area contributed by atoms with Crippen molar-refractivity contribution < 1.29 is 9.15 Å². The molecule has 0 amide bonds. The van der Waals surface area contributed by atoms with E-state index in [0.717, 1.165) is 31.1 Å². The van der Waals surface area contributed by atoms with Crippen molar-refractivity contribution in [2.24, 2.45) is 5.73 Å². The number of nitrogens with two attached hydrogens (primary N) is 1. The van der Waals surface area contributed by atoms with Crippen LogP contribution >= 0.6 is 0 Å². The Bertz CT molecular complexity index is 303.